The average molecular weight is 983 g/mol. The van der Waals surface area contributed by atoms with Crippen LogP contribution in [0.5, 0.6) is 0 Å². The number of rotatable bonds is 12. The van der Waals surface area contributed by atoms with Gasteiger partial charge in [0.1, 0.15) is 25.1 Å². The summed E-state index contributed by atoms with van der Waals surface area (Å²) in [6.45, 7) is 10.5. The Morgan fingerprint density at radius 1 is 0.647 bits per heavy atom. The van der Waals surface area contributed by atoms with Gasteiger partial charge in [-0.3, -0.25) is 4.79 Å². The number of hydrogen-bond acceptors (Lipinski definition) is 23. The number of methoxy groups -OCH3 is 3. The summed E-state index contributed by atoms with van der Waals surface area (Å²) >= 11 is 0. The van der Waals surface area contributed by atoms with Crippen LogP contribution in [0.3, 0.4) is 0 Å². The molecule has 0 aliphatic carbocycles. The van der Waals surface area contributed by atoms with Gasteiger partial charge in [-0.25, -0.2) is 9.59 Å². The van der Waals surface area contributed by atoms with Crippen LogP contribution < -0.4 is 0 Å². The molecule has 0 aromatic rings. The van der Waals surface area contributed by atoms with Gasteiger partial charge >= 0.3 is 17.9 Å². The van der Waals surface area contributed by atoms with Gasteiger partial charge in [0.25, 0.3) is 0 Å². The van der Waals surface area contributed by atoms with E-state index in [9.17, 15) is 24.6 Å². The van der Waals surface area contributed by atoms with Crippen molar-refractivity contribution in [1.82, 2.24) is 0 Å². The van der Waals surface area contributed by atoms with Crippen molar-refractivity contribution in [2.24, 2.45) is 29.6 Å². The van der Waals surface area contributed by atoms with Gasteiger partial charge in [0.15, 0.2) is 25.2 Å². The first-order chi connectivity index (χ1) is 33.0. The molecule has 0 unspecified atom stereocenters. The van der Waals surface area contributed by atoms with Gasteiger partial charge in [0.2, 0.25) is 0 Å². The molecule has 8 saturated heterocycles. The quantitative estimate of drug-likeness (QED) is 0.143. The predicted octanol–water partition coefficient (Wildman–Crippen LogP) is -0.377. The van der Waals surface area contributed by atoms with E-state index in [-0.39, 0.29) is 92.7 Å². The summed E-state index contributed by atoms with van der Waals surface area (Å²) in [5.41, 5.74) is 0. The Morgan fingerprint density at radius 2 is 1.21 bits per heavy atom. The van der Waals surface area contributed by atoms with Gasteiger partial charge in [-0.15, -0.1) is 0 Å². The van der Waals surface area contributed by atoms with E-state index in [0.717, 1.165) is 45.4 Å². The summed E-state index contributed by atoms with van der Waals surface area (Å²) < 4.78 is 80.6. The highest BCUT2D eigenvalue weighted by atomic mass is 16.7. The molecule has 10 aliphatic rings. The lowest BCUT2D eigenvalue weighted by Crippen LogP contribution is -2.36. The number of ether oxygens (including phenoxy) is 16. The Morgan fingerprint density at radius 3 is 1.71 bits per heavy atom. The molecule has 0 amide bonds. The van der Waals surface area contributed by atoms with E-state index in [0.29, 0.717) is 71.8 Å². The summed E-state index contributed by atoms with van der Waals surface area (Å²) in [6, 6.07) is 0. The number of carbonyl (C=O) groups is 3. The molecule has 8 fully saturated rings. The Hall–Kier alpha value is -2.79. The zero-order valence-electron chi connectivity index (χ0n) is 39.6. The molecule has 10 aliphatic heterocycles. The highest BCUT2D eigenvalue weighted by molar-refractivity contribution is 5.84. The second-order valence-electron chi connectivity index (χ2n) is 16.6. The Kier molecular flexibility index (Phi) is 28.0. The first kappa shape index (κ1) is 57.8. The summed E-state index contributed by atoms with van der Waals surface area (Å²) in [5.74, 6) is 0.581. The Balaban J connectivity index is 0.000000176. The molecule has 0 saturated carbocycles. The van der Waals surface area contributed by atoms with Crippen LogP contribution in [0.15, 0.2) is 24.3 Å². The average Bonchev–Trinajstić information content (AvgIpc) is 4.18. The molecule has 0 bridgehead atoms. The van der Waals surface area contributed by atoms with Crippen LogP contribution in [-0.4, -0.2) is 221 Å². The molecular formula is C45H74O23. The zero-order valence-corrected chi connectivity index (χ0v) is 39.6. The molecule has 68 heavy (non-hydrogen) atoms. The second kappa shape index (κ2) is 33.0. The van der Waals surface area contributed by atoms with Gasteiger partial charge in [-0.05, 0) is 37.3 Å². The lowest BCUT2D eigenvalue weighted by Gasteiger charge is -2.25. The molecule has 12 atom stereocenters. The van der Waals surface area contributed by atoms with Crippen molar-refractivity contribution >= 4 is 17.9 Å². The number of aliphatic hydroxyl groups excluding tert-OH is 4. The normalized spacial score (nSPS) is 32.8. The van der Waals surface area contributed by atoms with Gasteiger partial charge in [-0.2, -0.15) is 0 Å². The van der Waals surface area contributed by atoms with Crippen molar-refractivity contribution < 1.29 is 111 Å². The Labute approximate surface area is 397 Å². The molecule has 0 aromatic heterocycles. The summed E-state index contributed by atoms with van der Waals surface area (Å²) in [4.78, 5) is 31.7. The molecule has 392 valence electrons. The van der Waals surface area contributed by atoms with E-state index >= 15 is 0 Å². The number of aliphatic hydroxyl groups is 4. The van der Waals surface area contributed by atoms with Gasteiger partial charge in [0, 0.05) is 57.8 Å². The van der Waals surface area contributed by atoms with Crippen LogP contribution in [0.1, 0.15) is 32.6 Å². The summed E-state index contributed by atoms with van der Waals surface area (Å²) in [7, 11) is 4.68. The third kappa shape index (κ3) is 20.1. The molecule has 0 aromatic carbocycles. The topological polar surface area (TPSA) is 280 Å². The highest BCUT2D eigenvalue weighted by Gasteiger charge is 2.43. The fourth-order valence-corrected chi connectivity index (χ4v) is 8.01. The third-order valence-electron chi connectivity index (χ3n) is 11.6. The predicted molar refractivity (Wildman–Crippen MR) is 231 cm³/mol. The number of cyclic esters (lactones) is 3. The zero-order chi connectivity index (χ0) is 49.1. The van der Waals surface area contributed by atoms with Crippen molar-refractivity contribution in [3.63, 3.8) is 0 Å². The van der Waals surface area contributed by atoms with E-state index in [1.165, 1.54) is 31.8 Å². The van der Waals surface area contributed by atoms with Crippen molar-refractivity contribution in [2.45, 2.75) is 88.3 Å². The van der Waals surface area contributed by atoms with E-state index in [1.54, 1.807) is 20.3 Å². The van der Waals surface area contributed by atoms with Gasteiger partial charge in [-0.1, -0.05) is 6.92 Å². The minimum atomic E-state index is -0.657. The van der Waals surface area contributed by atoms with Gasteiger partial charge < -0.3 is 96.2 Å². The molecular weight excluding hydrogens is 908 g/mol. The van der Waals surface area contributed by atoms with Crippen LogP contribution in [0, 0.1) is 29.6 Å². The summed E-state index contributed by atoms with van der Waals surface area (Å²) in [6.07, 6.45) is 6.51. The largest absolute Gasteiger partial charge is 0.459 e. The fourth-order valence-electron chi connectivity index (χ4n) is 8.01. The molecule has 23 heteroatoms. The lowest BCUT2D eigenvalue weighted by molar-refractivity contribution is -0.145. The monoisotopic (exact) mass is 982 g/mol. The van der Waals surface area contributed by atoms with E-state index in [1.807, 2.05) is 0 Å². The van der Waals surface area contributed by atoms with Crippen LogP contribution in [0.4, 0.5) is 0 Å². The first-order valence-electron chi connectivity index (χ1n) is 23.1. The number of esters is 3. The maximum Gasteiger partial charge on any atom is 0.331 e. The van der Waals surface area contributed by atoms with Crippen LogP contribution in [0.25, 0.3) is 0 Å². The minimum absolute atomic E-state index is 0.00859. The Bertz CT molecular complexity index is 1420. The second-order valence-corrected chi connectivity index (χ2v) is 16.6. The third-order valence-corrected chi connectivity index (χ3v) is 11.6. The first-order valence-corrected chi connectivity index (χ1v) is 23.1. The number of fused-ring (bicyclic) bond motifs is 2. The standard InChI is InChI=1S/C9H14O5.C9H18O5.C7H12O2.C6H10O3.C6H8O3.C5H6O3.C3H6O2/c1-11-5-7-6(4-8(10)14-7)9-12-2-3-13-9;1-12-6-8(11)7(2-3-10)9-13-4-5-14-9;1-5-4-9-7-6(5)2-3-8-7;7-5-3-9-6-4(5)1-2-8-6;1-8-4-5-2-3-6(7)9-5;6-3-4-1-2-5(7)8-4;1-2-5-3-4-1/h6-7,9H,2-5H2,1H3;7-11H,2-6H2,1H3;5-7H,2-4H2,1H3;4-7H,1-3H2;2-3,5H,4H2,1H3;1-2,4,6H,3H2;1-3H2/t6-,7+;7-,8+;5-,6-,7+;4-,5+,6+;5-;4-;/m000000./s1. The molecule has 10 rings (SSSR count). The van der Waals surface area contributed by atoms with Gasteiger partial charge in [0.05, 0.1) is 117 Å². The molecule has 10 heterocycles. The van der Waals surface area contributed by atoms with E-state index < -0.39 is 18.5 Å². The lowest BCUT2D eigenvalue weighted by atomic mass is 9.96. The molecule has 4 N–H and O–H groups in total. The maximum atomic E-state index is 11.1. The molecule has 23 nitrogen and oxygen atoms in total. The van der Waals surface area contributed by atoms with Crippen molar-refractivity contribution in [3.05, 3.63) is 24.3 Å². The van der Waals surface area contributed by atoms with E-state index in [4.69, 9.17) is 81.3 Å². The minimum Gasteiger partial charge on any atom is -0.459 e. The van der Waals surface area contributed by atoms with Crippen LogP contribution in [0.2, 0.25) is 0 Å². The van der Waals surface area contributed by atoms with Crippen LogP contribution in [-0.2, 0) is 90.2 Å². The van der Waals surface area contributed by atoms with Crippen molar-refractivity contribution in [2.75, 3.05) is 127 Å². The highest BCUT2D eigenvalue weighted by Crippen LogP contribution is 2.35. The SMILES string of the molecule is C1COCO1.COC[C@@H](O)[C@H](CCO)C1OCCO1.COC[C@@H]1C=CC(=O)O1.COC[C@H]1OC(=O)C[C@@H]1C1OCCO1.C[C@H]1CO[C@H]2OCC[C@H]21.O=C1C=C[C@@H](CO)O1.O[C@@H]1CO[C@H]2OCC[C@H]21. The van der Waals surface area contributed by atoms with Crippen molar-refractivity contribution in [1.29, 1.82) is 0 Å². The fraction of sp³-hybridized carbons (Fsp3) is 0.844. The summed E-state index contributed by atoms with van der Waals surface area (Å²) in [5, 5.41) is 36.1. The maximum absolute atomic E-state index is 11.1. The molecule has 0 radical (unpaired) electrons. The molecule has 0 spiro atoms. The van der Waals surface area contributed by atoms with Crippen LogP contribution >= 0.6 is 0 Å². The van der Waals surface area contributed by atoms with E-state index in [2.05, 4.69) is 11.7 Å². The van der Waals surface area contributed by atoms with Crippen molar-refractivity contribution in [3.8, 4) is 0 Å². The number of hydrogen-bond donors (Lipinski definition) is 4. The smallest absolute Gasteiger partial charge is 0.331 e. The number of carbonyl (C=O) groups excluding carboxylic acids is 3.